The van der Waals surface area contributed by atoms with E-state index in [0.717, 1.165) is 13.0 Å². The lowest BCUT2D eigenvalue weighted by molar-refractivity contribution is 0.506. The van der Waals surface area contributed by atoms with Gasteiger partial charge in [0.05, 0.1) is 6.04 Å². The predicted octanol–water partition coefficient (Wildman–Crippen LogP) is 13.1. The van der Waals surface area contributed by atoms with E-state index >= 15 is 0 Å². The molecule has 2 unspecified atom stereocenters. The lowest BCUT2D eigenvalue weighted by atomic mass is 9.75. The van der Waals surface area contributed by atoms with Crippen molar-refractivity contribution < 1.29 is 0 Å². The normalized spacial score (nSPS) is 21.2. The highest BCUT2D eigenvalue weighted by Crippen LogP contribution is 2.57. The van der Waals surface area contributed by atoms with Crippen molar-refractivity contribution in [3.63, 3.8) is 0 Å². The molecule has 0 radical (unpaired) electrons. The molecule has 10 rings (SSSR count). The topological polar surface area (TPSA) is 3.24 Å². The zero-order chi connectivity index (χ0) is 33.9. The van der Waals surface area contributed by atoms with Crippen molar-refractivity contribution in [3.05, 3.63) is 160 Å². The molecule has 0 saturated heterocycles. The van der Waals surface area contributed by atoms with Crippen LogP contribution in [-0.2, 0) is 12.0 Å². The van der Waals surface area contributed by atoms with Gasteiger partial charge in [0.15, 0.2) is 0 Å². The fourth-order valence-electron chi connectivity index (χ4n) is 9.83. The van der Waals surface area contributed by atoms with Crippen molar-refractivity contribution in [1.29, 1.82) is 0 Å². The van der Waals surface area contributed by atoms with Gasteiger partial charge in [-0.2, -0.15) is 0 Å². The van der Waals surface area contributed by atoms with E-state index in [1.165, 1.54) is 87.6 Å². The van der Waals surface area contributed by atoms with Crippen molar-refractivity contribution in [2.75, 3.05) is 4.90 Å². The molecular weight excluding hydrogens is 623 g/mol. The number of allylic oxidation sites excluding steroid dienone is 6. The van der Waals surface area contributed by atoms with Crippen LogP contribution in [0.25, 0.3) is 42.1 Å². The predicted molar refractivity (Wildman–Crippen MR) is 215 cm³/mol. The van der Waals surface area contributed by atoms with Crippen LogP contribution < -0.4 is 4.90 Å². The largest absolute Gasteiger partial charge is 0.360 e. The van der Waals surface area contributed by atoms with E-state index in [9.17, 15) is 0 Å². The minimum absolute atomic E-state index is 0.0482. The first-order valence-electron chi connectivity index (χ1n) is 18.4. The van der Waals surface area contributed by atoms with Crippen LogP contribution in [0, 0.1) is 11.3 Å². The van der Waals surface area contributed by atoms with Crippen molar-refractivity contribution >= 4 is 48.0 Å². The van der Waals surface area contributed by atoms with Gasteiger partial charge in [-0.3, -0.25) is 0 Å². The van der Waals surface area contributed by atoms with Crippen LogP contribution in [0.1, 0.15) is 64.2 Å². The van der Waals surface area contributed by atoms with Gasteiger partial charge in [-0.1, -0.05) is 137 Å². The lowest BCUT2D eigenvalue weighted by Crippen LogP contribution is -2.40. The standard InChI is InChI=1S/C48H43NS/c1-29-24-37-34-14-8-10-16-39(34)48(4,5)42(37)27-43(29)49(28-30-18-19-31-12-6-7-13-32(31)25-30)33-20-22-40-38(26-33)45-41(47(40,2)3)23-21-36-35-15-9-11-17-44(35)50-46(36)45/h6-9,11-15,17-27,29,43H,10,16,28H2,1-5H3. The van der Waals surface area contributed by atoms with Crippen LogP contribution in [0.4, 0.5) is 5.69 Å². The van der Waals surface area contributed by atoms with Gasteiger partial charge in [0, 0.05) is 48.8 Å². The molecule has 0 N–H and O–H groups in total. The number of hydrogen-bond acceptors (Lipinski definition) is 2. The zero-order valence-corrected chi connectivity index (χ0v) is 30.5. The van der Waals surface area contributed by atoms with Crippen LogP contribution in [0.5, 0.6) is 0 Å². The Bertz CT molecular complexity index is 2550. The molecule has 0 saturated carbocycles. The molecule has 2 heteroatoms. The summed E-state index contributed by atoms with van der Waals surface area (Å²) in [5, 5.41) is 5.35. The fraction of sp³-hybridized carbons (Fsp3) is 0.250. The molecule has 4 aliphatic rings. The SMILES string of the molecule is CC1C=C2C(=CC1N(Cc1ccc3ccccc3c1)c1ccc3c(c1)-c1c(ccc4c1sc1ccccc14)C3(C)C)C(C)(C)C1=C2C=CCC1. The van der Waals surface area contributed by atoms with Gasteiger partial charge < -0.3 is 4.90 Å². The van der Waals surface area contributed by atoms with Gasteiger partial charge in [0.2, 0.25) is 0 Å². The van der Waals surface area contributed by atoms with Gasteiger partial charge in [-0.05, 0) is 92.8 Å². The maximum atomic E-state index is 2.72. The van der Waals surface area contributed by atoms with Gasteiger partial charge in [-0.15, -0.1) is 11.3 Å². The Kier molecular flexibility index (Phi) is 6.44. The Hall–Kier alpha value is -4.66. The van der Waals surface area contributed by atoms with Gasteiger partial charge >= 0.3 is 0 Å². The molecule has 0 fully saturated rings. The highest BCUT2D eigenvalue weighted by Gasteiger charge is 2.43. The van der Waals surface area contributed by atoms with Gasteiger partial charge in [-0.25, -0.2) is 0 Å². The third kappa shape index (κ3) is 4.24. The van der Waals surface area contributed by atoms with Gasteiger partial charge in [0.1, 0.15) is 0 Å². The Morgan fingerprint density at radius 1 is 0.760 bits per heavy atom. The number of nitrogens with zero attached hydrogens (tertiary/aromatic N) is 1. The second kappa shape index (κ2) is 10.7. The smallest absolute Gasteiger partial charge is 0.0543 e. The molecule has 246 valence electrons. The minimum Gasteiger partial charge on any atom is -0.360 e. The lowest BCUT2D eigenvalue weighted by Gasteiger charge is -2.39. The van der Waals surface area contributed by atoms with E-state index in [-0.39, 0.29) is 16.9 Å². The summed E-state index contributed by atoms with van der Waals surface area (Å²) in [4.78, 5) is 2.72. The molecule has 0 spiro atoms. The molecular formula is C48H43NS. The van der Waals surface area contributed by atoms with E-state index in [0.29, 0.717) is 5.92 Å². The monoisotopic (exact) mass is 665 g/mol. The number of hydrogen-bond donors (Lipinski definition) is 0. The fourth-order valence-corrected chi connectivity index (χ4v) is 11.1. The highest BCUT2D eigenvalue weighted by molar-refractivity contribution is 7.26. The molecule has 1 aromatic heterocycles. The summed E-state index contributed by atoms with van der Waals surface area (Å²) in [6.07, 6.45) is 12.3. The van der Waals surface area contributed by atoms with E-state index in [4.69, 9.17) is 0 Å². The number of fused-ring (bicyclic) bond motifs is 10. The molecule has 5 aromatic carbocycles. The van der Waals surface area contributed by atoms with Crippen molar-refractivity contribution in [2.45, 2.75) is 65.5 Å². The Labute approximate surface area is 300 Å². The van der Waals surface area contributed by atoms with Crippen LogP contribution in [-0.4, -0.2) is 6.04 Å². The summed E-state index contributed by atoms with van der Waals surface area (Å²) in [5.74, 6) is 0.360. The van der Waals surface area contributed by atoms with Crippen LogP contribution in [0.2, 0.25) is 0 Å². The number of thiophene rings is 1. The van der Waals surface area contributed by atoms with E-state index in [1.807, 2.05) is 11.3 Å². The summed E-state index contributed by atoms with van der Waals surface area (Å²) < 4.78 is 2.79. The molecule has 0 amide bonds. The third-order valence-corrected chi connectivity index (χ3v) is 13.7. The molecule has 50 heavy (non-hydrogen) atoms. The second-order valence-electron chi connectivity index (χ2n) is 16.1. The van der Waals surface area contributed by atoms with Gasteiger partial charge in [0.25, 0.3) is 0 Å². The van der Waals surface area contributed by atoms with Crippen LogP contribution in [0.3, 0.4) is 0 Å². The zero-order valence-electron chi connectivity index (χ0n) is 29.7. The third-order valence-electron chi connectivity index (χ3n) is 12.5. The average Bonchev–Trinajstić information content (AvgIpc) is 3.69. The maximum absolute atomic E-state index is 2.72. The summed E-state index contributed by atoms with van der Waals surface area (Å²) in [6.45, 7) is 13.0. The Morgan fingerprint density at radius 2 is 1.56 bits per heavy atom. The maximum Gasteiger partial charge on any atom is 0.0543 e. The molecule has 0 aliphatic heterocycles. The van der Waals surface area contributed by atoms with Crippen molar-refractivity contribution in [1.82, 2.24) is 0 Å². The van der Waals surface area contributed by atoms with Crippen LogP contribution >= 0.6 is 11.3 Å². The summed E-state index contributed by atoms with van der Waals surface area (Å²) >= 11 is 1.96. The molecule has 6 aromatic rings. The minimum atomic E-state index is -0.0549. The average molecular weight is 666 g/mol. The molecule has 0 bridgehead atoms. The molecule has 4 aliphatic carbocycles. The number of anilines is 1. The summed E-state index contributed by atoms with van der Waals surface area (Å²) in [7, 11) is 0. The highest BCUT2D eigenvalue weighted by atomic mass is 32.1. The quantitative estimate of drug-likeness (QED) is 0.181. The molecule has 1 nitrogen and oxygen atoms in total. The van der Waals surface area contributed by atoms with E-state index in [2.05, 4.69) is 161 Å². The first-order chi connectivity index (χ1) is 24.2. The van der Waals surface area contributed by atoms with Crippen molar-refractivity contribution in [2.24, 2.45) is 11.3 Å². The first-order valence-corrected chi connectivity index (χ1v) is 19.2. The van der Waals surface area contributed by atoms with Crippen molar-refractivity contribution in [3.8, 4) is 11.1 Å². The Morgan fingerprint density at radius 3 is 2.44 bits per heavy atom. The van der Waals surface area contributed by atoms with E-state index < -0.39 is 0 Å². The first kappa shape index (κ1) is 30.2. The Balaban J connectivity index is 1.15. The second-order valence-corrected chi connectivity index (χ2v) is 17.1. The summed E-state index contributed by atoms with van der Waals surface area (Å²) in [6, 6.07) is 37.2. The summed E-state index contributed by atoms with van der Waals surface area (Å²) in [5.41, 5.74) is 14.5. The number of rotatable bonds is 4. The van der Waals surface area contributed by atoms with E-state index in [1.54, 1.807) is 5.57 Å². The van der Waals surface area contributed by atoms with Crippen LogP contribution in [0.15, 0.2) is 144 Å². The molecule has 1 heterocycles. The number of benzene rings is 5. The molecule has 2 atom stereocenters.